The van der Waals surface area contributed by atoms with Crippen molar-refractivity contribution in [1.29, 1.82) is 0 Å². The minimum atomic E-state index is -0.234. The number of hydrogen-bond acceptors (Lipinski definition) is 1. The first-order valence-corrected chi connectivity index (χ1v) is 6.97. The lowest BCUT2D eigenvalue weighted by Gasteiger charge is -2.03. The lowest BCUT2D eigenvalue weighted by Crippen LogP contribution is -1.87. The number of nitrogen functional groups attached to an aromatic ring is 1. The molecule has 0 amide bonds. The minimum Gasteiger partial charge on any atom is -0.399 e. The van der Waals surface area contributed by atoms with E-state index in [-0.39, 0.29) is 5.82 Å². The lowest BCUT2D eigenvalue weighted by molar-refractivity contribution is 0.621. The van der Waals surface area contributed by atoms with Gasteiger partial charge < -0.3 is 5.73 Å². The van der Waals surface area contributed by atoms with E-state index in [1.54, 1.807) is 12.1 Å². The number of aryl methyl sites for hydroxylation is 1. The Morgan fingerprint density at radius 1 is 1.11 bits per heavy atom. The zero-order chi connectivity index (χ0) is 13.4. The molecule has 0 spiro atoms. The Balaban J connectivity index is 2.00. The zero-order valence-corrected chi connectivity index (χ0v) is 11.9. The highest BCUT2D eigenvalue weighted by atomic mass is 79.9. The summed E-state index contributed by atoms with van der Waals surface area (Å²) in [6, 6.07) is 11.1. The Kier molecular flexibility index (Phi) is 3.15. The summed E-state index contributed by atoms with van der Waals surface area (Å²) in [4.78, 5) is 0. The Bertz CT molecular complexity index is 676. The van der Waals surface area contributed by atoms with Crippen LogP contribution >= 0.6 is 15.9 Å². The number of halogens is 2. The van der Waals surface area contributed by atoms with Crippen LogP contribution in [0.25, 0.3) is 11.6 Å². The molecule has 2 aromatic carbocycles. The molecule has 0 bridgehead atoms. The van der Waals surface area contributed by atoms with Crippen molar-refractivity contribution >= 4 is 33.3 Å². The molecule has 1 nitrogen and oxygen atoms in total. The van der Waals surface area contributed by atoms with Crippen molar-refractivity contribution in [3.8, 4) is 0 Å². The molecule has 0 aromatic heterocycles. The first-order valence-electron chi connectivity index (χ1n) is 6.18. The number of nitrogens with two attached hydrogens (primary N) is 1. The van der Waals surface area contributed by atoms with E-state index in [0.717, 1.165) is 24.1 Å². The highest BCUT2D eigenvalue weighted by Gasteiger charge is 2.16. The Hall–Kier alpha value is -1.61. The summed E-state index contributed by atoms with van der Waals surface area (Å²) in [6.45, 7) is 0. The fourth-order valence-electron chi connectivity index (χ4n) is 2.49. The van der Waals surface area contributed by atoms with E-state index >= 15 is 0 Å². The number of anilines is 1. The maximum atomic E-state index is 13.2. The normalized spacial score (nSPS) is 15.8. The van der Waals surface area contributed by atoms with E-state index in [4.69, 9.17) is 5.73 Å². The van der Waals surface area contributed by atoms with Crippen molar-refractivity contribution in [2.45, 2.75) is 12.8 Å². The summed E-state index contributed by atoms with van der Waals surface area (Å²) in [5.41, 5.74) is 11.5. The van der Waals surface area contributed by atoms with Crippen LogP contribution < -0.4 is 5.73 Å². The second-order valence-corrected chi connectivity index (χ2v) is 5.61. The molecule has 0 unspecified atom stereocenters. The number of allylic oxidation sites excluding steroid dienone is 1. The second kappa shape index (κ2) is 4.82. The van der Waals surface area contributed by atoms with Crippen LogP contribution in [-0.4, -0.2) is 0 Å². The molecule has 96 valence electrons. The predicted molar refractivity (Wildman–Crippen MR) is 81.1 cm³/mol. The summed E-state index contributed by atoms with van der Waals surface area (Å²) in [6.07, 6.45) is 4.15. The van der Waals surface area contributed by atoms with E-state index in [2.05, 4.69) is 28.1 Å². The van der Waals surface area contributed by atoms with Gasteiger partial charge in [-0.25, -0.2) is 4.39 Å². The number of benzene rings is 2. The molecule has 19 heavy (non-hydrogen) atoms. The predicted octanol–water partition coefficient (Wildman–Crippen LogP) is 4.66. The molecule has 3 rings (SSSR count). The maximum Gasteiger partial charge on any atom is 0.137 e. The van der Waals surface area contributed by atoms with Crippen LogP contribution in [0.15, 0.2) is 40.9 Å². The molecule has 3 heteroatoms. The van der Waals surface area contributed by atoms with E-state index in [1.807, 2.05) is 12.1 Å². The first kappa shape index (κ1) is 12.4. The van der Waals surface area contributed by atoms with E-state index < -0.39 is 0 Å². The summed E-state index contributed by atoms with van der Waals surface area (Å²) in [5.74, 6) is -0.234. The monoisotopic (exact) mass is 317 g/mol. The van der Waals surface area contributed by atoms with Gasteiger partial charge in [-0.1, -0.05) is 18.2 Å². The van der Waals surface area contributed by atoms with E-state index in [1.165, 1.54) is 22.8 Å². The third kappa shape index (κ3) is 2.43. The van der Waals surface area contributed by atoms with Crippen LogP contribution in [0.2, 0.25) is 0 Å². The molecule has 0 saturated carbocycles. The standard InChI is InChI=1S/C16H13BrFN/c17-15-8-10(1-6-16(15)18)7-11-2-3-12-9-13(19)4-5-14(11)12/h1,4-9H,2-3,19H2. The van der Waals surface area contributed by atoms with Crippen LogP contribution in [-0.2, 0) is 6.42 Å². The van der Waals surface area contributed by atoms with Gasteiger partial charge in [-0.05, 0) is 75.3 Å². The summed E-state index contributed by atoms with van der Waals surface area (Å²) in [7, 11) is 0. The van der Waals surface area contributed by atoms with Gasteiger partial charge in [-0.2, -0.15) is 0 Å². The van der Waals surface area contributed by atoms with Crippen LogP contribution in [0.4, 0.5) is 10.1 Å². The molecule has 0 aliphatic heterocycles. The van der Waals surface area contributed by atoms with Gasteiger partial charge in [0, 0.05) is 5.69 Å². The van der Waals surface area contributed by atoms with Gasteiger partial charge in [0.2, 0.25) is 0 Å². The first-order chi connectivity index (χ1) is 9.13. The van der Waals surface area contributed by atoms with Gasteiger partial charge >= 0.3 is 0 Å². The molecule has 2 aromatic rings. The quantitative estimate of drug-likeness (QED) is 0.761. The van der Waals surface area contributed by atoms with E-state index in [0.29, 0.717) is 4.47 Å². The fraction of sp³-hybridized carbons (Fsp3) is 0.125. The molecule has 0 atom stereocenters. The number of hydrogen-bond donors (Lipinski definition) is 1. The molecule has 0 saturated heterocycles. The van der Waals surface area contributed by atoms with Gasteiger partial charge in [0.15, 0.2) is 0 Å². The summed E-state index contributed by atoms with van der Waals surface area (Å²) >= 11 is 3.22. The third-order valence-corrected chi connectivity index (χ3v) is 4.03. The third-order valence-electron chi connectivity index (χ3n) is 3.42. The SMILES string of the molecule is Nc1ccc2c(c1)CCC2=Cc1ccc(F)c(Br)c1. The molecule has 1 aliphatic carbocycles. The van der Waals surface area contributed by atoms with Crippen molar-refractivity contribution < 1.29 is 4.39 Å². The van der Waals surface area contributed by atoms with Crippen molar-refractivity contribution in [1.82, 2.24) is 0 Å². The fourth-order valence-corrected chi connectivity index (χ4v) is 2.89. The van der Waals surface area contributed by atoms with Gasteiger partial charge in [0.25, 0.3) is 0 Å². The smallest absolute Gasteiger partial charge is 0.137 e. The minimum absolute atomic E-state index is 0.234. The van der Waals surface area contributed by atoms with Gasteiger partial charge in [-0.3, -0.25) is 0 Å². The average Bonchev–Trinajstić information content (AvgIpc) is 2.76. The van der Waals surface area contributed by atoms with Gasteiger partial charge in [0.05, 0.1) is 4.47 Å². The Morgan fingerprint density at radius 3 is 2.74 bits per heavy atom. The maximum absolute atomic E-state index is 13.2. The van der Waals surface area contributed by atoms with Crippen molar-refractivity contribution in [2.75, 3.05) is 5.73 Å². The van der Waals surface area contributed by atoms with Crippen molar-refractivity contribution in [3.05, 3.63) is 63.4 Å². The Morgan fingerprint density at radius 2 is 1.95 bits per heavy atom. The van der Waals surface area contributed by atoms with Gasteiger partial charge in [-0.15, -0.1) is 0 Å². The second-order valence-electron chi connectivity index (χ2n) is 4.76. The molecule has 0 heterocycles. The zero-order valence-electron chi connectivity index (χ0n) is 10.3. The van der Waals surface area contributed by atoms with Crippen LogP contribution in [0, 0.1) is 5.82 Å². The van der Waals surface area contributed by atoms with Crippen LogP contribution in [0.1, 0.15) is 23.1 Å². The van der Waals surface area contributed by atoms with Gasteiger partial charge in [0.1, 0.15) is 5.82 Å². The molecule has 2 N–H and O–H groups in total. The molecule has 1 aliphatic rings. The highest BCUT2D eigenvalue weighted by molar-refractivity contribution is 9.10. The van der Waals surface area contributed by atoms with Crippen molar-refractivity contribution in [2.24, 2.45) is 0 Å². The lowest BCUT2D eigenvalue weighted by atomic mass is 10.0. The highest BCUT2D eigenvalue weighted by Crippen LogP contribution is 2.35. The summed E-state index contributed by atoms with van der Waals surface area (Å²) in [5, 5.41) is 0. The molecule has 0 fully saturated rings. The number of fused-ring (bicyclic) bond motifs is 1. The summed E-state index contributed by atoms with van der Waals surface area (Å²) < 4.78 is 13.7. The average molecular weight is 318 g/mol. The van der Waals surface area contributed by atoms with Crippen LogP contribution in [0.3, 0.4) is 0 Å². The molecular weight excluding hydrogens is 305 g/mol. The number of rotatable bonds is 1. The van der Waals surface area contributed by atoms with Crippen LogP contribution in [0.5, 0.6) is 0 Å². The topological polar surface area (TPSA) is 26.0 Å². The van der Waals surface area contributed by atoms with E-state index in [9.17, 15) is 4.39 Å². The Labute approximate surface area is 120 Å². The van der Waals surface area contributed by atoms with Crippen molar-refractivity contribution in [3.63, 3.8) is 0 Å². The molecular formula is C16H13BrFN. The largest absolute Gasteiger partial charge is 0.399 e. The molecule has 0 radical (unpaired) electrons.